The van der Waals surface area contributed by atoms with Crippen LogP contribution in [0.25, 0.3) is 0 Å². The van der Waals surface area contributed by atoms with Crippen LogP contribution in [-0.2, 0) is 0 Å². The molecule has 0 bridgehead atoms. The minimum atomic E-state index is 0. The predicted octanol–water partition coefficient (Wildman–Crippen LogP) is -2.03. The third-order valence-corrected chi connectivity index (χ3v) is 0.957. The summed E-state index contributed by atoms with van der Waals surface area (Å²) in [5.41, 5.74) is 0. The van der Waals surface area contributed by atoms with Gasteiger partial charge in [-0.2, -0.15) is 0 Å². The molecule has 1 aliphatic heterocycles. The molecule has 84 valence electrons. The third-order valence-electron chi connectivity index (χ3n) is 0.957. The molecule has 8 N–H and O–H groups in total. The first-order valence-corrected chi connectivity index (χ1v) is 2.41. The summed E-state index contributed by atoms with van der Waals surface area (Å²) in [6.07, 6.45) is 0. The Balaban J connectivity index is -0.0000000150. The second-order valence-corrected chi connectivity index (χ2v) is 1.50. The van der Waals surface area contributed by atoms with Crippen LogP contribution in [0.3, 0.4) is 0 Å². The Morgan fingerprint density at radius 2 is 0.667 bits per heavy atom. The highest BCUT2D eigenvalue weighted by atomic mass is 35.5. The zero-order valence-corrected chi connectivity index (χ0v) is 9.00. The van der Waals surface area contributed by atoms with Crippen LogP contribution in [0.2, 0.25) is 0 Å². The molecule has 0 atom stereocenters. The molecule has 0 amide bonds. The van der Waals surface area contributed by atoms with Gasteiger partial charge in [0, 0.05) is 26.2 Å². The maximum Gasteiger partial charge on any atom is 0.00772 e. The zero-order valence-electron chi connectivity index (χ0n) is 6.55. The standard InChI is InChI=1S/C4H10N2.3ClH.3H2O/c1-2-6-4-3-5-1;;;;;;/h5-6H,1-4H2;3*1H;3*1H2. The molecule has 0 aromatic carbocycles. The summed E-state index contributed by atoms with van der Waals surface area (Å²) in [5, 5.41) is 6.44. The Labute approximate surface area is 90.8 Å². The van der Waals surface area contributed by atoms with E-state index in [4.69, 9.17) is 0 Å². The summed E-state index contributed by atoms with van der Waals surface area (Å²) in [6.45, 7) is 4.56. The summed E-state index contributed by atoms with van der Waals surface area (Å²) in [6, 6.07) is 0. The van der Waals surface area contributed by atoms with E-state index in [0.717, 1.165) is 26.2 Å². The van der Waals surface area contributed by atoms with Gasteiger partial charge in [0.25, 0.3) is 0 Å². The molecule has 1 rings (SSSR count). The van der Waals surface area contributed by atoms with Crippen molar-refractivity contribution in [2.24, 2.45) is 0 Å². The fourth-order valence-corrected chi connectivity index (χ4v) is 0.604. The highest BCUT2D eigenvalue weighted by Crippen LogP contribution is 1.65. The summed E-state index contributed by atoms with van der Waals surface area (Å²) < 4.78 is 0. The highest BCUT2D eigenvalue weighted by Gasteiger charge is 1.91. The second-order valence-electron chi connectivity index (χ2n) is 1.50. The zero-order chi connectivity index (χ0) is 4.24. The Kier molecular flexibility index (Phi) is 96.5. The van der Waals surface area contributed by atoms with E-state index in [1.54, 1.807) is 0 Å². The molecule has 8 heteroatoms. The first-order chi connectivity index (χ1) is 3.00. The van der Waals surface area contributed by atoms with Gasteiger partial charge in [0.1, 0.15) is 0 Å². The van der Waals surface area contributed by atoms with Crippen LogP contribution >= 0.6 is 37.2 Å². The van der Waals surface area contributed by atoms with Gasteiger partial charge >= 0.3 is 0 Å². The second kappa shape index (κ2) is 29.9. The minimum absolute atomic E-state index is 0. The molecule has 1 heterocycles. The molecular formula is C4H19Cl3N2O3. The molecule has 5 nitrogen and oxygen atoms in total. The molecule has 0 unspecified atom stereocenters. The van der Waals surface area contributed by atoms with E-state index in [0.29, 0.717) is 0 Å². The van der Waals surface area contributed by atoms with Gasteiger partial charge in [-0.05, 0) is 0 Å². The predicted molar refractivity (Wildman–Crippen MR) is 58.3 cm³/mol. The number of halogens is 3. The van der Waals surface area contributed by atoms with Crippen LogP contribution < -0.4 is 10.6 Å². The summed E-state index contributed by atoms with van der Waals surface area (Å²) in [4.78, 5) is 0. The Bertz CT molecular complexity index is 39.0. The lowest BCUT2D eigenvalue weighted by atomic mass is 10.4. The lowest BCUT2D eigenvalue weighted by Crippen LogP contribution is -2.39. The van der Waals surface area contributed by atoms with Crippen LogP contribution in [-0.4, -0.2) is 42.6 Å². The number of nitrogens with one attached hydrogen (secondary N) is 2. The van der Waals surface area contributed by atoms with Gasteiger partial charge in [0.05, 0.1) is 0 Å². The summed E-state index contributed by atoms with van der Waals surface area (Å²) in [7, 11) is 0. The molecule has 0 radical (unpaired) electrons. The minimum Gasteiger partial charge on any atom is -0.412 e. The molecule has 0 aromatic heterocycles. The Morgan fingerprint density at radius 3 is 0.750 bits per heavy atom. The smallest absolute Gasteiger partial charge is 0.00772 e. The molecule has 1 saturated heterocycles. The van der Waals surface area contributed by atoms with E-state index in [1.165, 1.54) is 0 Å². The number of hydrogen-bond acceptors (Lipinski definition) is 2. The average Bonchev–Trinajstić information content (AvgIpc) is 1.72. The van der Waals surface area contributed by atoms with Gasteiger partial charge in [-0.3, -0.25) is 0 Å². The van der Waals surface area contributed by atoms with Gasteiger partial charge in [0.15, 0.2) is 0 Å². The Morgan fingerprint density at radius 1 is 0.500 bits per heavy atom. The average molecular weight is 250 g/mol. The first kappa shape index (κ1) is 38.8. The van der Waals surface area contributed by atoms with Gasteiger partial charge in [-0.1, -0.05) is 0 Å². The molecule has 12 heavy (non-hydrogen) atoms. The maximum atomic E-state index is 3.22. The van der Waals surface area contributed by atoms with Gasteiger partial charge in [-0.15, -0.1) is 37.2 Å². The van der Waals surface area contributed by atoms with Crippen LogP contribution in [0.1, 0.15) is 0 Å². The van der Waals surface area contributed by atoms with Crippen molar-refractivity contribution in [2.75, 3.05) is 26.2 Å². The number of rotatable bonds is 0. The van der Waals surface area contributed by atoms with Crippen LogP contribution in [0.5, 0.6) is 0 Å². The van der Waals surface area contributed by atoms with Crippen molar-refractivity contribution in [3.63, 3.8) is 0 Å². The van der Waals surface area contributed by atoms with E-state index in [-0.39, 0.29) is 53.6 Å². The quantitative estimate of drug-likeness (QED) is 0.515. The number of piperazine rings is 1. The molecule has 1 aliphatic rings. The molecule has 0 spiro atoms. The van der Waals surface area contributed by atoms with Gasteiger partial charge in [0.2, 0.25) is 0 Å². The third kappa shape index (κ3) is 22.4. The molecule has 0 aromatic rings. The fraction of sp³-hybridized carbons (Fsp3) is 1.00. The van der Waals surface area contributed by atoms with E-state index >= 15 is 0 Å². The molecule has 0 saturated carbocycles. The van der Waals surface area contributed by atoms with Gasteiger partial charge in [-0.25, -0.2) is 0 Å². The van der Waals surface area contributed by atoms with E-state index < -0.39 is 0 Å². The SMILES string of the molecule is C1CNCCN1.Cl.Cl.Cl.O.O.O. The number of hydrogen-bond donors (Lipinski definition) is 2. The fourth-order valence-electron chi connectivity index (χ4n) is 0.604. The Hall–Kier alpha value is 0.670. The van der Waals surface area contributed by atoms with Crippen molar-refractivity contribution >= 4 is 37.2 Å². The van der Waals surface area contributed by atoms with Crippen molar-refractivity contribution in [1.29, 1.82) is 0 Å². The first-order valence-electron chi connectivity index (χ1n) is 2.41. The summed E-state index contributed by atoms with van der Waals surface area (Å²) in [5.74, 6) is 0. The summed E-state index contributed by atoms with van der Waals surface area (Å²) >= 11 is 0. The van der Waals surface area contributed by atoms with E-state index in [9.17, 15) is 0 Å². The van der Waals surface area contributed by atoms with Crippen molar-refractivity contribution in [2.45, 2.75) is 0 Å². The topological polar surface area (TPSA) is 119 Å². The van der Waals surface area contributed by atoms with Crippen molar-refractivity contribution in [1.82, 2.24) is 10.6 Å². The van der Waals surface area contributed by atoms with Crippen molar-refractivity contribution in [3.8, 4) is 0 Å². The lowest BCUT2D eigenvalue weighted by molar-refractivity contribution is 0.534. The monoisotopic (exact) mass is 248 g/mol. The molecule has 1 fully saturated rings. The normalized spacial score (nSPS) is 12.0. The van der Waals surface area contributed by atoms with E-state index in [1.807, 2.05) is 0 Å². The van der Waals surface area contributed by atoms with Gasteiger partial charge < -0.3 is 27.1 Å². The maximum absolute atomic E-state index is 3.22. The highest BCUT2D eigenvalue weighted by molar-refractivity contribution is 5.86. The van der Waals surface area contributed by atoms with Crippen LogP contribution in [0.15, 0.2) is 0 Å². The van der Waals surface area contributed by atoms with Crippen molar-refractivity contribution in [3.05, 3.63) is 0 Å². The van der Waals surface area contributed by atoms with E-state index in [2.05, 4.69) is 10.6 Å². The lowest BCUT2D eigenvalue weighted by Gasteiger charge is -2.11. The largest absolute Gasteiger partial charge is 0.412 e. The van der Waals surface area contributed by atoms with Crippen LogP contribution in [0, 0.1) is 0 Å². The van der Waals surface area contributed by atoms with Crippen molar-refractivity contribution < 1.29 is 16.4 Å². The molecule has 0 aliphatic carbocycles. The van der Waals surface area contributed by atoms with Crippen LogP contribution in [0.4, 0.5) is 0 Å². The molecular weight excluding hydrogens is 230 g/mol.